The van der Waals surface area contributed by atoms with Crippen molar-refractivity contribution in [1.82, 2.24) is 9.78 Å². The molecular weight excluding hydrogens is 298 g/mol. The number of hydrogen-bond donors (Lipinski definition) is 1. The molecule has 1 aromatic heterocycles. The van der Waals surface area contributed by atoms with E-state index >= 15 is 0 Å². The second kappa shape index (κ2) is 6.45. The van der Waals surface area contributed by atoms with Gasteiger partial charge in [-0.05, 0) is 35.9 Å². The third-order valence-corrected chi connectivity index (χ3v) is 3.57. The van der Waals surface area contributed by atoms with Crippen molar-refractivity contribution in [2.45, 2.75) is 6.54 Å². The molecule has 5 heteroatoms. The van der Waals surface area contributed by atoms with Crippen LogP contribution in [-0.2, 0) is 6.54 Å². The van der Waals surface area contributed by atoms with Gasteiger partial charge in [-0.3, -0.25) is 9.48 Å². The summed E-state index contributed by atoms with van der Waals surface area (Å²) in [7, 11) is 0. The third-order valence-electron chi connectivity index (χ3n) is 3.24. The number of aromatic nitrogens is 2. The van der Waals surface area contributed by atoms with E-state index in [0.29, 0.717) is 22.8 Å². The zero-order valence-corrected chi connectivity index (χ0v) is 12.5. The molecular formula is C17H14ClN3O. The normalized spacial score (nSPS) is 10.4. The van der Waals surface area contributed by atoms with Crippen molar-refractivity contribution >= 4 is 23.2 Å². The average molecular weight is 312 g/mol. The predicted octanol–water partition coefficient (Wildman–Crippen LogP) is 3.84. The second-order valence-corrected chi connectivity index (χ2v) is 5.24. The van der Waals surface area contributed by atoms with Crippen LogP contribution in [0.5, 0.6) is 0 Å². The lowest BCUT2D eigenvalue weighted by Gasteiger charge is -2.08. The van der Waals surface area contributed by atoms with Gasteiger partial charge in [0.05, 0.1) is 17.3 Å². The Balaban J connectivity index is 1.70. The Hall–Kier alpha value is -2.59. The van der Waals surface area contributed by atoms with E-state index in [1.807, 2.05) is 41.2 Å². The first-order valence-electron chi connectivity index (χ1n) is 6.84. The first-order chi connectivity index (χ1) is 10.7. The highest BCUT2D eigenvalue weighted by molar-refractivity contribution is 6.33. The molecule has 3 aromatic rings. The molecule has 110 valence electrons. The molecule has 0 unspecified atom stereocenters. The summed E-state index contributed by atoms with van der Waals surface area (Å²) in [6.45, 7) is 0.680. The SMILES string of the molecule is O=C(Nc1ccccc1Cl)c1ccc(Cn2cccn2)cc1. The van der Waals surface area contributed by atoms with E-state index in [9.17, 15) is 4.79 Å². The van der Waals surface area contributed by atoms with E-state index in [2.05, 4.69) is 10.4 Å². The summed E-state index contributed by atoms with van der Waals surface area (Å²) < 4.78 is 1.83. The van der Waals surface area contributed by atoms with Crippen molar-refractivity contribution in [3.63, 3.8) is 0 Å². The quantitative estimate of drug-likeness (QED) is 0.796. The zero-order valence-electron chi connectivity index (χ0n) is 11.7. The van der Waals surface area contributed by atoms with E-state index in [-0.39, 0.29) is 5.91 Å². The van der Waals surface area contributed by atoms with Gasteiger partial charge in [-0.1, -0.05) is 35.9 Å². The number of benzene rings is 2. The van der Waals surface area contributed by atoms with Gasteiger partial charge in [0.25, 0.3) is 5.91 Å². The van der Waals surface area contributed by atoms with Crippen LogP contribution in [0.15, 0.2) is 67.0 Å². The van der Waals surface area contributed by atoms with Crippen LogP contribution in [0.1, 0.15) is 15.9 Å². The molecule has 22 heavy (non-hydrogen) atoms. The number of rotatable bonds is 4. The lowest BCUT2D eigenvalue weighted by Crippen LogP contribution is -2.12. The molecule has 0 aliphatic carbocycles. The molecule has 0 aliphatic rings. The lowest BCUT2D eigenvalue weighted by molar-refractivity contribution is 0.102. The third kappa shape index (κ3) is 3.35. The molecule has 0 fully saturated rings. The maximum absolute atomic E-state index is 12.2. The fraction of sp³-hybridized carbons (Fsp3) is 0.0588. The highest BCUT2D eigenvalue weighted by atomic mass is 35.5. The summed E-state index contributed by atoms with van der Waals surface area (Å²) in [4.78, 5) is 12.2. The topological polar surface area (TPSA) is 46.9 Å². The van der Waals surface area contributed by atoms with Gasteiger partial charge in [-0.2, -0.15) is 5.10 Å². The summed E-state index contributed by atoms with van der Waals surface area (Å²) in [6, 6.07) is 16.5. The summed E-state index contributed by atoms with van der Waals surface area (Å²) in [5.41, 5.74) is 2.27. The van der Waals surface area contributed by atoms with Gasteiger partial charge in [0, 0.05) is 18.0 Å². The number of carbonyl (C=O) groups is 1. The number of halogens is 1. The number of carbonyl (C=O) groups excluding carboxylic acids is 1. The first-order valence-corrected chi connectivity index (χ1v) is 7.22. The Morgan fingerprint density at radius 3 is 2.55 bits per heavy atom. The zero-order chi connectivity index (χ0) is 15.4. The second-order valence-electron chi connectivity index (χ2n) is 4.83. The van der Waals surface area contributed by atoms with Crippen LogP contribution in [0.25, 0.3) is 0 Å². The van der Waals surface area contributed by atoms with Crippen LogP contribution in [0.3, 0.4) is 0 Å². The number of para-hydroxylation sites is 1. The Morgan fingerprint density at radius 2 is 1.86 bits per heavy atom. The molecule has 0 bridgehead atoms. The number of nitrogens with zero attached hydrogens (tertiary/aromatic N) is 2. The van der Waals surface area contributed by atoms with Crippen LogP contribution in [-0.4, -0.2) is 15.7 Å². The van der Waals surface area contributed by atoms with Gasteiger partial charge >= 0.3 is 0 Å². The summed E-state index contributed by atoms with van der Waals surface area (Å²) in [6.07, 6.45) is 3.64. The van der Waals surface area contributed by atoms with Crippen molar-refractivity contribution < 1.29 is 4.79 Å². The van der Waals surface area contributed by atoms with E-state index < -0.39 is 0 Å². The fourth-order valence-corrected chi connectivity index (χ4v) is 2.28. The molecule has 0 spiro atoms. The van der Waals surface area contributed by atoms with Crippen LogP contribution in [0, 0.1) is 0 Å². The molecule has 0 saturated carbocycles. The molecule has 2 aromatic carbocycles. The highest BCUT2D eigenvalue weighted by Gasteiger charge is 2.08. The van der Waals surface area contributed by atoms with Crippen molar-refractivity contribution in [3.05, 3.63) is 83.1 Å². The van der Waals surface area contributed by atoms with Gasteiger partial charge in [-0.25, -0.2) is 0 Å². The van der Waals surface area contributed by atoms with Gasteiger partial charge < -0.3 is 5.32 Å². The molecule has 1 amide bonds. The van der Waals surface area contributed by atoms with Gasteiger partial charge in [0.2, 0.25) is 0 Å². The number of nitrogens with one attached hydrogen (secondary N) is 1. The molecule has 3 rings (SSSR count). The van der Waals surface area contributed by atoms with E-state index in [1.54, 1.807) is 30.5 Å². The Morgan fingerprint density at radius 1 is 1.09 bits per heavy atom. The smallest absolute Gasteiger partial charge is 0.255 e. The van der Waals surface area contributed by atoms with Gasteiger partial charge in [0.1, 0.15) is 0 Å². The fourth-order valence-electron chi connectivity index (χ4n) is 2.10. The van der Waals surface area contributed by atoms with Crippen molar-refractivity contribution in [3.8, 4) is 0 Å². The minimum atomic E-state index is -0.182. The standard InChI is InChI=1S/C17H14ClN3O/c18-15-4-1-2-5-16(15)20-17(22)14-8-6-13(7-9-14)12-21-11-3-10-19-21/h1-11H,12H2,(H,20,22). The van der Waals surface area contributed by atoms with Crippen LogP contribution in [0.4, 0.5) is 5.69 Å². The average Bonchev–Trinajstić information content (AvgIpc) is 3.03. The van der Waals surface area contributed by atoms with Crippen LogP contribution < -0.4 is 5.32 Å². The molecule has 0 radical (unpaired) electrons. The van der Waals surface area contributed by atoms with Crippen molar-refractivity contribution in [2.24, 2.45) is 0 Å². The summed E-state index contributed by atoms with van der Waals surface area (Å²) in [5, 5.41) is 7.48. The van der Waals surface area contributed by atoms with Crippen molar-refractivity contribution in [1.29, 1.82) is 0 Å². The van der Waals surface area contributed by atoms with Crippen LogP contribution >= 0.6 is 11.6 Å². The largest absolute Gasteiger partial charge is 0.321 e. The molecule has 1 heterocycles. The lowest BCUT2D eigenvalue weighted by atomic mass is 10.1. The Bertz CT molecular complexity index is 767. The highest BCUT2D eigenvalue weighted by Crippen LogP contribution is 2.21. The van der Waals surface area contributed by atoms with Crippen molar-refractivity contribution in [2.75, 3.05) is 5.32 Å². The van der Waals surface area contributed by atoms with E-state index in [4.69, 9.17) is 11.6 Å². The first kappa shape index (κ1) is 14.4. The molecule has 4 nitrogen and oxygen atoms in total. The molecule has 0 saturated heterocycles. The van der Waals surface area contributed by atoms with Gasteiger partial charge in [-0.15, -0.1) is 0 Å². The van der Waals surface area contributed by atoms with Gasteiger partial charge in [0.15, 0.2) is 0 Å². The van der Waals surface area contributed by atoms with E-state index in [0.717, 1.165) is 5.56 Å². The predicted molar refractivity (Wildman–Crippen MR) is 87.2 cm³/mol. The summed E-state index contributed by atoms with van der Waals surface area (Å²) >= 11 is 6.04. The molecule has 0 atom stereocenters. The maximum Gasteiger partial charge on any atom is 0.255 e. The number of anilines is 1. The molecule has 0 aliphatic heterocycles. The number of amides is 1. The minimum absolute atomic E-state index is 0.182. The molecule has 1 N–H and O–H groups in total. The monoisotopic (exact) mass is 311 g/mol. The Labute approximate surface area is 133 Å². The Kier molecular flexibility index (Phi) is 4.21. The number of hydrogen-bond acceptors (Lipinski definition) is 2. The maximum atomic E-state index is 12.2. The van der Waals surface area contributed by atoms with E-state index in [1.165, 1.54) is 0 Å². The minimum Gasteiger partial charge on any atom is -0.321 e. The van der Waals surface area contributed by atoms with Crippen LogP contribution in [0.2, 0.25) is 5.02 Å². The summed E-state index contributed by atoms with van der Waals surface area (Å²) in [5.74, 6) is -0.182.